The maximum absolute atomic E-state index is 14.3. The van der Waals surface area contributed by atoms with Crippen LogP contribution in [0.5, 0.6) is 0 Å². The number of nitrogens with zero attached hydrogens (tertiary/aromatic N) is 2. The summed E-state index contributed by atoms with van der Waals surface area (Å²) in [4.78, 5) is 18.7. The van der Waals surface area contributed by atoms with Crippen molar-refractivity contribution in [2.24, 2.45) is 5.16 Å². The molecule has 36 heavy (non-hydrogen) atoms. The van der Waals surface area contributed by atoms with Crippen LogP contribution in [0.1, 0.15) is 28.7 Å². The zero-order valence-electron chi connectivity index (χ0n) is 18.6. The summed E-state index contributed by atoms with van der Waals surface area (Å²) in [6.45, 7) is 0.831. The highest BCUT2D eigenvalue weighted by Gasteiger charge is 2.62. The minimum Gasteiger partial charge on any atom is -0.374 e. The van der Waals surface area contributed by atoms with E-state index >= 15 is 0 Å². The first kappa shape index (κ1) is 25.4. The van der Waals surface area contributed by atoms with Gasteiger partial charge >= 0.3 is 6.18 Å². The fourth-order valence-corrected chi connectivity index (χ4v) is 5.77. The molecule has 1 unspecified atom stereocenters. The van der Waals surface area contributed by atoms with Crippen LogP contribution in [0.25, 0.3) is 0 Å². The number of alkyl halides is 3. The van der Waals surface area contributed by atoms with Crippen molar-refractivity contribution in [3.8, 4) is 0 Å². The Hall–Kier alpha value is -2.21. The van der Waals surface area contributed by atoms with Gasteiger partial charge in [0.05, 0.1) is 35.5 Å². The molecule has 5 rings (SSSR count). The molecule has 1 fully saturated rings. The molecule has 3 aliphatic heterocycles. The van der Waals surface area contributed by atoms with Crippen LogP contribution >= 0.6 is 23.2 Å². The average molecular weight is 565 g/mol. The van der Waals surface area contributed by atoms with Gasteiger partial charge in [0, 0.05) is 29.0 Å². The van der Waals surface area contributed by atoms with Crippen LogP contribution in [-0.2, 0) is 43.0 Å². The molecule has 0 aliphatic carbocycles. The van der Waals surface area contributed by atoms with Gasteiger partial charge in [-0.25, -0.2) is 4.39 Å². The molecule has 0 aromatic heterocycles. The largest absolute Gasteiger partial charge is 0.435 e. The summed E-state index contributed by atoms with van der Waals surface area (Å²) in [5, 5.41) is 2.62. The predicted octanol–water partition coefficient (Wildman–Crippen LogP) is 4.66. The molecule has 2 atom stereocenters. The van der Waals surface area contributed by atoms with Gasteiger partial charge in [-0.1, -0.05) is 40.5 Å². The molecule has 1 saturated heterocycles. The molecule has 6 nitrogen and oxygen atoms in total. The summed E-state index contributed by atoms with van der Waals surface area (Å²) >= 11 is 11.5. The van der Waals surface area contributed by atoms with Gasteiger partial charge in [-0.05, 0) is 34.9 Å². The highest BCUT2D eigenvalue weighted by atomic mass is 35.5. The Morgan fingerprint density at radius 3 is 2.47 bits per heavy atom. The third kappa shape index (κ3) is 4.00. The summed E-state index contributed by atoms with van der Waals surface area (Å²) in [5.41, 5.74) is -1.97. The topological polar surface area (TPSA) is 68.2 Å². The quantitative estimate of drug-likeness (QED) is 0.400. The first-order valence-corrected chi connectivity index (χ1v) is 13.2. The number of benzene rings is 2. The van der Waals surface area contributed by atoms with E-state index in [1.165, 1.54) is 6.26 Å². The maximum atomic E-state index is 14.3. The Balaban J connectivity index is 1.39. The van der Waals surface area contributed by atoms with E-state index in [4.69, 9.17) is 32.8 Å². The Bertz CT molecular complexity index is 1310. The number of carbonyl (C=O) groups is 1. The van der Waals surface area contributed by atoms with Crippen LogP contribution in [0.2, 0.25) is 10.0 Å². The lowest BCUT2D eigenvalue weighted by Crippen LogP contribution is -2.61. The first-order chi connectivity index (χ1) is 16.8. The zero-order valence-corrected chi connectivity index (χ0v) is 21.0. The van der Waals surface area contributed by atoms with Gasteiger partial charge in [0.25, 0.3) is 5.60 Å². The van der Waals surface area contributed by atoms with E-state index in [0.717, 1.165) is 23.3 Å². The lowest BCUT2D eigenvalue weighted by Gasteiger charge is -2.47. The second kappa shape index (κ2) is 8.68. The maximum Gasteiger partial charge on any atom is 0.435 e. The predicted molar refractivity (Wildman–Crippen MR) is 125 cm³/mol. The fraction of sp³-hybridized carbons (Fsp3) is 0.391. The lowest BCUT2D eigenvalue weighted by atomic mass is 9.83. The molecule has 1 spiro atoms. The van der Waals surface area contributed by atoms with E-state index in [9.17, 15) is 26.6 Å². The van der Waals surface area contributed by atoms with Gasteiger partial charge in [-0.2, -0.15) is 13.2 Å². The molecular weight excluding hydrogens is 547 g/mol. The molecule has 192 valence electrons. The third-order valence-electron chi connectivity index (χ3n) is 6.64. The average Bonchev–Trinajstić information content (AvgIpc) is 3.38. The summed E-state index contributed by atoms with van der Waals surface area (Å²) in [6.07, 6.45) is -4.12. The van der Waals surface area contributed by atoms with Crippen LogP contribution in [0.3, 0.4) is 0 Å². The number of likely N-dealkylation sites (tertiary alicyclic amines) is 1. The monoisotopic (exact) mass is 564 g/mol. The van der Waals surface area contributed by atoms with Gasteiger partial charge in [-0.15, -0.1) is 0 Å². The molecule has 2 aromatic rings. The van der Waals surface area contributed by atoms with E-state index in [2.05, 4.69) is 5.16 Å². The number of hydrogen-bond acceptors (Lipinski definition) is 5. The van der Waals surface area contributed by atoms with Crippen LogP contribution < -0.4 is 0 Å². The van der Waals surface area contributed by atoms with E-state index < -0.39 is 56.0 Å². The number of ether oxygens (including phenoxy) is 1. The number of halogens is 6. The smallest absolute Gasteiger partial charge is 0.374 e. The minimum absolute atomic E-state index is 0.0449. The normalized spacial score (nSPS) is 23.2. The zero-order chi connectivity index (χ0) is 26.0. The van der Waals surface area contributed by atoms with Gasteiger partial charge in [0.2, 0.25) is 5.91 Å². The van der Waals surface area contributed by atoms with E-state index in [0.29, 0.717) is 18.7 Å². The van der Waals surface area contributed by atoms with Crippen molar-refractivity contribution >= 4 is 45.6 Å². The van der Waals surface area contributed by atoms with Crippen LogP contribution in [-0.4, -0.2) is 52.0 Å². The highest BCUT2D eigenvalue weighted by Crippen LogP contribution is 2.50. The Morgan fingerprint density at radius 2 is 1.86 bits per heavy atom. The van der Waals surface area contributed by atoms with E-state index in [-0.39, 0.29) is 24.0 Å². The molecule has 0 saturated carbocycles. The lowest BCUT2D eigenvalue weighted by molar-refractivity contribution is -0.275. The van der Waals surface area contributed by atoms with Gasteiger partial charge in [0.15, 0.2) is 5.82 Å². The van der Waals surface area contributed by atoms with Crippen molar-refractivity contribution in [3.63, 3.8) is 0 Å². The Kier molecular flexibility index (Phi) is 6.13. The van der Waals surface area contributed by atoms with Crippen LogP contribution in [0.4, 0.5) is 17.6 Å². The molecule has 0 N–H and O–H groups in total. The summed E-state index contributed by atoms with van der Waals surface area (Å²) in [5.74, 6) is -1.31. The van der Waals surface area contributed by atoms with Crippen molar-refractivity contribution in [1.29, 1.82) is 0 Å². The van der Waals surface area contributed by atoms with Crippen LogP contribution in [0.15, 0.2) is 35.5 Å². The van der Waals surface area contributed by atoms with E-state index in [1.54, 1.807) is 23.1 Å². The number of rotatable bonds is 4. The molecular formula is C23H18Cl2F4N2O4S. The van der Waals surface area contributed by atoms with Crippen molar-refractivity contribution in [2.75, 3.05) is 25.1 Å². The van der Waals surface area contributed by atoms with E-state index in [1.807, 2.05) is 0 Å². The SMILES string of the molecule is C[S@@](=O)CC(=O)N1CC2(C1)OCc1cc(C3=NOC(c4cc(Cl)c(F)c(Cl)c4)(C(F)(F)F)C3)ccc12. The standard InChI is InChI=1S/C23H18Cl2F4N2O4S/c1-36(33)9-19(32)31-10-21(11-31)15-3-2-12(4-13(15)8-34-21)18-7-22(35-30-18,23(27,28)29)14-5-16(24)20(26)17(25)6-14/h2-6H,7-11H2,1H3/t22?,36-/m1/s1. The van der Waals surface area contributed by atoms with Crippen LogP contribution in [0, 0.1) is 5.82 Å². The molecule has 3 heterocycles. The number of amides is 1. The van der Waals surface area contributed by atoms with Crippen molar-refractivity contribution in [3.05, 3.63) is 68.4 Å². The van der Waals surface area contributed by atoms with Gasteiger partial charge < -0.3 is 14.5 Å². The number of oxime groups is 1. The molecule has 3 aliphatic rings. The summed E-state index contributed by atoms with van der Waals surface area (Å²) in [7, 11) is -1.25. The fourth-order valence-electron chi connectivity index (χ4n) is 4.75. The Morgan fingerprint density at radius 1 is 1.19 bits per heavy atom. The van der Waals surface area contributed by atoms with Crippen molar-refractivity contribution in [1.82, 2.24) is 4.90 Å². The highest BCUT2D eigenvalue weighted by molar-refractivity contribution is 7.85. The molecule has 1 amide bonds. The Labute approximate surface area is 215 Å². The second-order valence-electron chi connectivity index (χ2n) is 9.01. The van der Waals surface area contributed by atoms with Gasteiger partial charge in [0.1, 0.15) is 11.4 Å². The number of fused-ring (bicyclic) bond motifs is 2. The van der Waals surface area contributed by atoms with Crippen molar-refractivity contribution in [2.45, 2.75) is 30.4 Å². The van der Waals surface area contributed by atoms with Crippen molar-refractivity contribution < 1.29 is 36.1 Å². The first-order valence-electron chi connectivity index (χ1n) is 10.7. The summed E-state index contributed by atoms with van der Waals surface area (Å²) in [6, 6.07) is 6.74. The minimum atomic E-state index is -4.91. The number of carbonyl (C=O) groups excluding carboxylic acids is 1. The molecule has 0 radical (unpaired) electrons. The summed E-state index contributed by atoms with van der Waals surface area (Å²) < 4.78 is 73.9. The van der Waals surface area contributed by atoms with Gasteiger partial charge in [-0.3, -0.25) is 9.00 Å². The molecule has 0 bridgehead atoms. The third-order valence-corrected chi connectivity index (χ3v) is 7.84. The molecule has 13 heteroatoms. The number of hydrogen-bond donors (Lipinski definition) is 0. The molecule has 2 aromatic carbocycles. The second-order valence-corrected chi connectivity index (χ2v) is 11.3.